The molecular weight excluding hydrogens is 403 g/mol. The molecule has 174 valence electrons. The van der Waals surface area contributed by atoms with Crippen LogP contribution >= 0.6 is 7.37 Å². The minimum absolute atomic E-state index is 0.0283. The maximum absolute atomic E-state index is 12.1. The topological polar surface area (TPSA) is 101 Å². The number of carboxylic acids is 1. The van der Waals surface area contributed by atoms with Crippen LogP contribution in [0, 0.1) is 23.2 Å². The van der Waals surface area contributed by atoms with Gasteiger partial charge in [-0.3, -0.25) is 14.2 Å². The molecule has 1 saturated heterocycles. The van der Waals surface area contributed by atoms with Crippen LogP contribution in [0.4, 0.5) is 0 Å². The van der Waals surface area contributed by atoms with Crippen LogP contribution in [-0.2, 0) is 18.9 Å². The van der Waals surface area contributed by atoms with Crippen molar-refractivity contribution in [1.29, 1.82) is 0 Å². The summed E-state index contributed by atoms with van der Waals surface area (Å²) < 4.78 is 15.8. The molecule has 2 aliphatic rings. The molecule has 0 aromatic rings. The Labute approximate surface area is 182 Å². The summed E-state index contributed by atoms with van der Waals surface area (Å²) in [5, 5.41) is 8.35. The Morgan fingerprint density at radius 2 is 1.80 bits per heavy atom. The molecule has 0 saturated carbocycles. The first-order valence-corrected chi connectivity index (χ1v) is 13.1. The zero-order chi connectivity index (χ0) is 23.9. The monoisotopic (exact) mass is 444 g/mol. The average molecular weight is 445 g/mol. The molecule has 0 amide bonds. The van der Waals surface area contributed by atoms with E-state index in [9.17, 15) is 14.2 Å². The number of hydrogen-bond acceptors (Lipinski definition) is 4. The van der Waals surface area contributed by atoms with Gasteiger partial charge in [0, 0.05) is 13.3 Å². The fourth-order valence-corrected chi connectivity index (χ4v) is 3.21. The first kappa shape index (κ1) is 28.8. The van der Waals surface area contributed by atoms with Crippen molar-refractivity contribution in [3.63, 3.8) is 0 Å². The first-order chi connectivity index (χ1) is 13.5. The van der Waals surface area contributed by atoms with Gasteiger partial charge in [0.15, 0.2) is 13.2 Å². The molecule has 4 atom stereocenters. The van der Waals surface area contributed by atoms with Crippen molar-refractivity contribution in [3.8, 4) is 0 Å². The predicted octanol–water partition coefficient (Wildman–Crippen LogP) is 5.16. The van der Waals surface area contributed by atoms with Crippen LogP contribution in [0.15, 0.2) is 23.8 Å². The summed E-state index contributed by atoms with van der Waals surface area (Å²) in [4.78, 5) is 30.3. The van der Waals surface area contributed by atoms with Crippen molar-refractivity contribution in [2.45, 2.75) is 73.5 Å². The van der Waals surface area contributed by atoms with E-state index >= 15 is 0 Å². The molecule has 1 aliphatic carbocycles. The number of carboxylic acid groups (broad SMARTS) is 1. The number of ketones is 1. The number of ether oxygens (including phenoxy) is 1. The van der Waals surface area contributed by atoms with Gasteiger partial charge in [-0.2, -0.15) is 0 Å². The van der Waals surface area contributed by atoms with Crippen LogP contribution in [0.2, 0.25) is 0 Å². The second kappa shape index (κ2) is 12.0. The normalized spacial score (nSPS) is 26.2. The lowest BCUT2D eigenvalue weighted by atomic mass is 9.75. The van der Waals surface area contributed by atoms with E-state index in [2.05, 4.69) is 20.8 Å². The fraction of sp³-hybridized carbons (Fsp3) is 0.739. The van der Waals surface area contributed by atoms with Crippen LogP contribution in [0.3, 0.4) is 0 Å². The second-order valence-corrected chi connectivity index (χ2v) is 12.2. The zero-order valence-electron chi connectivity index (χ0n) is 20.0. The van der Waals surface area contributed by atoms with E-state index in [0.717, 1.165) is 18.4 Å². The van der Waals surface area contributed by atoms with Gasteiger partial charge in [-0.15, -0.1) is 0 Å². The molecule has 1 heterocycles. The fourth-order valence-electron chi connectivity index (χ4n) is 3.21. The smallest absolute Gasteiger partial charge is 0.306 e. The second-order valence-electron chi connectivity index (χ2n) is 9.62. The Bertz CT molecular complexity index is 678. The Hall–Kier alpha value is -1.23. The number of rotatable bonds is 4. The Morgan fingerprint density at radius 1 is 1.30 bits per heavy atom. The van der Waals surface area contributed by atoms with Crippen LogP contribution in [0.1, 0.15) is 61.3 Å². The molecule has 0 aromatic heterocycles. The van der Waals surface area contributed by atoms with Gasteiger partial charge in [0.2, 0.25) is 0 Å². The summed E-state index contributed by atoms with van der Waals surface area (Å²) in [6, 6.07) is 0. The lowest BCUT2D eigenvalue weighted by Gasteiger charge is -2.30. The number of hydrogen-bond donors (Lipinski definition) is 2. The molecule has 1 fully saturated rings. The van der Waals surface area contributed by atoms with Crippen molar-refractivity contribution < 1.29 is 28.9 Å². The maximum atomic E-state index is 12.1. The molecule has 2 rings (SSSR count). The van der Waals surface area contributed by atoms with Crippen molar-refractivity contribution in [3.05, 3.63) is 23.8 Å². The summed E-state index contributed by atoms with van der Waals surface area (Å²) in [5.41, 5.74) is 1.12. The highest BCUT2D eigenvalue weighted by molar-refractivity contribution is 7.56. The van der Waals surface area contributed by atoms with Gasteiger partial charge in [-0.25, -0.2) is 0 Å². The molecule has 6 nitrogen and oxygen atoms in total. The highest BCUT2D eigenvalue weighted by Crippen LogP contribution is 2.43. The highest BCUT2D eigenvalue weighted by Gasteiger charge is 2.46. The molecular formula is C23H41O6P. The number of aliphatic carboxylic acids is 1. The SMILES string of the molecule is CC(C)[C@H](C)C(=O)O.CC[C@@H]1CC(C)(C)[C@H](C2C=CC(C)=CC2=O)O1.CP(C)(=O)O. The van der Waals surface area contributed by atoms with E-state index in [1.54, 1.807) is 13.0 Å². The van der Waals surface area contributed by atoms with Crippen molar-refractivity contribution >= 4 is 19.1 Å². The van der Waals surface area contributed by atoms with Crippen LogP contribution in [0.25, 0.3) is 0 Å². The largest absolute Gasteiger partial charge is 0.481 e. The summed E-state index contributed by atoms with van der Waals surface area (Å²) in [6.07, 6.45) is 8.20. The Kier molecular flexibility index (Phi) is 11.5. The number of carbonyl (C=O) groups excluding carboxylic acids is 1. The molecule has 1 aliphatic heterocycles. The van der Waals surface area contributed by atoms with Gasteiger partial charge in [0.05, 0.1) is 24.0 Å². The third-order valence-electron chi connectivity index (χ3n) is 5.30. The van der Waals surface area contributed by atoms with E-state index < -0.39 is 13.3 Å². The maximum Gasteiger partial charge on any atom is 0.306 e. The first-order valence-electron chi connectivity index (χ1n) is 10.6. The van der Waals surface area contributed by atoms with Gasteiger partial charge in [0.1, 0.15) is 0 Å². The van der Waals surface area contributed by atoms with Crippen molar-refractivity contribution in [1.82, 2.24) is 0 Å². The van der Waals surface area contributed by atoms with Crippen molar-refractivity contribution in [2.24, 2.45) is 23.2 Å². The molecule has 0 spiro atoms. The third-order valence-corrected chi connectivity index (χ3v) is 5.30. The van der Waals surface area contributed by atoms with Crippen molar-refractivity contribution in [2.75, 3.05) is 13.3 Å². The molecule has 0 radical (unpaired) electrons. The molecule has 1 unspecified atom stereocenters. The third kappa shape index (κ3) is 10.7. The van der Waals surface area contributed by atoms with Gasteiger partial charge < -0.3 is 14.7 Å². The van der Waals surface area contributed by atoms with Gasteiger partial charge in [0.25, 0.3) is 0 Å². The number of allylic oxidation sites excluding steroid dienone is 3. The average Bonchev–Trinajstić information content (AvgIpc) is 2.87. The minimum atomic E-state index is -2.64. The Balaban J connectivity index is 0.000000540. The summed E-state index contributed by atoms with van der Waals surface area (Å²) in [6.45, 7) is 16.6. The van der Waals surface area contributed by atoms with Gasteiger partial charge in [-0.1, -0.05) is 53.7 Å². The molecule has 0 bridgehead atoms. The molecule has 30 heavy (non-hydrogen) atoms. The van der Waals surface area contributed by atoms with E-state index in [1.807, 2.05) is 32.9 Å². The van der Waals surface area contributed by atoms with E-state index in [-0.39, 0.29) is 35.1 Å². The quantitative estimate of drug-likeness (QED) is 0.581. The molecule has 7 heteroatoms. The Morgan fingerprint density at radius 3 is 2.10 bits per heavy atom. The van der Waals surface area contributed by atoms with Crippen LogP contribution < -0.4 is 0 Å². The summed E-state index contributed by atoms with van der Waals surface area (Å²) in [5.74, 6) is -0.576. The highest BCUT2D eigenvalue weighted by atomic mass is 31.2. The van der Waals surface area contributed by atoms with E-state index in [0.29, 0.717) is 6.10 Å². The summed E-state index contributed by atoms with van der Waals surface area (Å²) in [7, 11) is -2.64. The van der Waals surface area contributed by atoms with Gasteiger partial charge >= 0.3 is 5.97 Å². The van der Waals surface area contributed by atoms with E-state index in [1.165, 1.54) is 13.3 Å². The summed E-state index contributed by atoms with van der Waals surface area (Å²) >= 11 is 0. The van der Waals surface area contributed by atoms with Crippen LogP contribution in [-0.4, -0.2) is 47.3 Å². The predicted molar refractivity (Wildman–Crippen MR) is 122 cm³/mol. The minimum Gasteiger partial charge on any atom is -0.481 e. The van der Waals surface area contributed by atoms with Crippen LogP contribution in [0.5, 0.6) is 0 Å². The molecule has 0 aromatic carbocycles. The lowest BCUT2D eigenvalue weighted by molar-refractivity contribution is -0.142. The lowest BCUT2D eigenvalue weighted by Crippen LogP contribution is -2.36. The number of carbonyl (C=O) groups is 2. The molecule has 2 N–H and O–H groups in total. The zero-order valence-corrected chi connectivity index (χ0v) is 20.9. The standard InChI is InChI=1S/C15H22O2.C6H12O2.C2H7O2P/c1-5-11-9-15(3,4)14(17-11)12-7-6-10(2)8-13(12)16;1-4(2)5(3)6(7)8;1-5(2,3)4/h6-8,11-12,14H,5,9H2,1-4H3;4-5H,1-3H3,(H,7,8);1-2H3,(H,3,4)/t11-,12?,14+;5-;/m10./s1. The van der Waals surface area contributed by atoms with Gasteiger partial charge in [-0.05, 0) is 42.7 Å². The van der Waals surface area contributed by atoms with E-state index in [4.69, 9.17) is 14.7 Å².